The van der Waals surface area contributed by atoms with Gasteiger partial charge < -0.3 is 15.8 Å². The van der Waals surface area contributed by atoms with Gasteiger partial charge >= 0.3 is 6.03 Å². The minimum atomic E-state index is -0.904. The quantitative estimate of drug-likeness (QED) is 0.554. The van der Waals surface area contributed by atoms with Crippen LogP contribution >= 0.6 is 11.6 Å². The molecule has 0 aliphatic rings. The van der Waals surface area contributed by atoms with Crippen LogP contribution in [0.5, 0.6) is 5.75 Å². The van der Waals surface area contributed by atoms with Gasteiger partial charge in [-0.1, -0.05) is 29.8 Å². The van der Waals surface area contributed by atoms with E-state index in [0.29, 0.717) is 5.69 Å². The van der Waals surface area contributed by atoms with E-state index in [-0.39, 0.29) is 27.5 Å². The molecule has 158 valence electrons. The van der Waals surface area contributed by atoms with E-state index in [0.717, 1.165) is 10.6 Å². The van der Waals surface area contributed by atoms with Crippen molar-refractivity contribution in [2.45, 2.75) is 0 Å². The Bertz CT molecular complexity index is 1150. The molecule has 3 aromatic rings. The van der Waals surface area contributed by atoms with Crippen molar-refractivity contribution in [2.24, 2.45) is 5.73 Å². The number of anilines is 2. The molecule has 3 aromatic carbocycles. The number of carbonyl (C=O) groups excluding carboxylic acids is 3. The van der Waals surface area contributed by atoms with Crippen LogP contribution in [0, 0.1) is 0 Å². The van der Waals surface area contributed by atoms with Crippen LogP contribution in [-0.2, 0) is 0 Å². The number of primary amides is 1. The van der Waals surface area contributed by atoms with E-state index in [1.165, 1.54) is 32.4 Å². The topological polar surface area (TPSA) is 102 Å². The number of methoxy groups -OCH3 is 1. The normalized spacial score (nSPS) is 10.3. The second kappa shape index (κ2) is 9.32. The van der Waals surface area contributed by atoms with Crippen molar-refractivity contribution in [3.63, 3.8) is 0 Å². The van der Waals surface area contributed by atoms with Crippen LogP contribution in [0.1, 0.15) is 26.3 Å². The molecule has 3 N–H and O–H groups in total. The Morgan fingerprint density at radius 3 is 2.26 bits per heavy atom. The van der Waals surface area contributed by atoms with Gasteiger partial charge in [0.05, 0.1) is 17.7 Å². The fourth-order valence-corrected chi connectivity index (χ4v) is 3.19. The highest BCUT2D eigenvalue weighted by atomic mass is 35.5. The van der Waals surface area contributed by atoms with Crippen molar-refractivity contribution in [1.82, 2.24) is 4.90 Å². The second-order valence-corrected chi connectivity index (χ2v) is 7.04. The standard InChI is InChI=1S/C23H20ClN3O4/c1-27(23(25)30)22(29)14-8-11-20(31-2)18(12-14)21(28)17-10-9-16(13-19(17)24)26-15-6-4-3-5-7-15/h3-13,26H,1-2H3,(H2,25,30). The monoisotopic (exact) mass is 437 g/mol. The van der Waals surface area contributed by atoms with E-state index in [1.807, 2.05) is 30.3 Å². The SMILES string of the molecule is COc1ccc(C(=O)N(C)C(N)=O)cc1C(=O)c1ccc(Nc2ccccc2)cc1Cl. The minimum Gasteiger partial charge on any atom is -0.496 e. The highest BCUT2D eigenvalue weighted by Crippen LogP contribution is 2.29. The van der Waals surface area contributed by atoms with Crippen molar-refractivity contribution in [3.8, 4) is 5.75 Å². The largest absolute Gasteiger partial charge is 0.496 e. The molecule has 8 heteroatoms. The summed E-state index contributed by atoms with van der Waals surface area (Å²) >= 11 is 6.39. The Morgan fingerprint density at radius 2 is 1.65 bits per heavy atom. The fraction of sp³-hybridized carbons (Fsp3) is 0.0870. The van der Waals surface area contributed by atoms with E-state index in [9.17, 15) is 14.4 Å². The number of carbonyl (C=O) groups is 3. The number of urea groups is 1. The van der Waals surface area contributed by atoms with E-state index in [4.69, 9.17) is 22.1 Å². The first kappa shape index (κ1) is 21.9. The van der Waals surface area contributed by atoms with Crippen molar-refractivity contribution in [3.05, 3.63) is 88.4 Å². The molecule has 0 spiro atoms. The van der Waals surface area contributed by atoms with Gasteiger partial charge in [0.15, 0.2) is 5.78 Å². The summed E-state index contributed by atoms with van der Waals surface area (Å²) in [5.41, 5.74) is 7.25. The number of amides is 3. The van der Waals surface area contributed by atoms with Crippen LogP contribution in [0.15, 0.2) is 66.7 Å². The number of rotatable bonds is 6. The lowest BCUT2D eigenvalue weighted by molar-refractivity contribution is 0.0838. The summed E-state index contributed by atoms with van der Waals surface area (Å²) in [6.45, 7) is 0. The first-order valence-corrected chi connectivity index (χ1v) is 9.61. The number of para-hydroxylation sites is 1. The summed E-state index contributed by atoms with van der Waals surface area (Å²) in [5, 5.41) is 3.44. The highest BCUT2D eigenvalue weighted by Gasteiger charge is 2.22. The van der Waals surface area contributed by atoms with Gasteiger partial charge in [0, 0.05) is 29.5 Å². The summed E-state index contributed by atoms with van der Waals surface area (Å²) in [4.78, 5) is 37.7. The summed E-state index contributed by atoms with van der Waals surface area (Å²) < 4.78 is 5.28. The predicted molar refractivity (Wildman–Crippen MR) is 119 cm³/mol. The number of ketones is 1. The molecule has 7 nitrogen and oxygen atoms in total. The number of nitrogens with two attached hydrogens (primary N) is 1. The molecule has 0 saturated carbocycles. The van der Waals surface area contributed by atoms with Gasteiger partial charge in [0.1, 0.15) is 5.75 Å². The maximum Gasteiger partial charge on any atom is 0.321 e. The smallest absolute Gasteiger partial charge is 0.321 e. The molecule has 0 fully saturated rings. The van der Waals surface area contributed by atoms with Gasteiger partial charge in [-0.15, -0.1) is 0 Å². The molecule has 0 aromatic heterocycles. The van der Waals surface area contributed by atoms with Crippen molar-refractivity contribution in [1.29, 1.82) is 0 Å². The van der Waals surface area contributed by atoms with Crippen LogP contribution in [0.25, 0.3) is 0 Å². The Labute approximate surface area is 184 Å². The lowest BCUT2D eigenvalue weighted by Gasteiger charge is -2.15. The minimum absolute atomic E-state index is 0.115. The highest BCUT2D eigenvalue weighted by molar-refractivity contribution is 6.35. The van der Waals surface area contributed by atoms with E-state index < -0.39 is 17.7 Å². The van der Waals surface area contributed by atoms with Crippen LogP contribution < -0.4 is 15.8 Å². The van der Waals surface area contributed by atoms with Crippen LogP contribution in [0.3, 0.4) is 0 Å². The Morgan fingerprint density at radius 1 is 0.935 bits per heavy atom. The van der Waals surface area contributed by atoms with Crippen LogP contribution in [0.2, 0.25) is 5.02 Å². The van der Waals surface area contributed by atoms with Crippen molar-refractivity contribution >= 4 is 40.7 Å². The number of ether oxygens (including phenoxy) is 1. The average molecular weight is 438 g/mol. The molecule has 0 saturated heterocycles. The predicted octanol–water partition coefficient (Wildman–Crippen LogP) is 4.47. The number of imide groups is 1. The summed E-state index contributed by atoms with van der Waals surface area (Å²) in [6.07, 6.45) is 0. The molecule has 0 atom stereocenters. The lowest BCUT2D eigenvalue weighted by atomic mass is 9.99. The van der Waals surface area contributed by atoms with Gasteiger partial charge in [-0.2, -0.15) is 0 Å². The maximum absolute atomic E-state index is 13.2. The first-order chi connectivity index (χ1) is 14.8. The molecular weight excluding hydrogens is 418 g/mol. The van der Waals surface area contributed by atoms with Gasteiger partial charge in [-0.3, -0.25) is 14.5 Å². The number of nitrogens with zero attached hydrogens (tertiary/aromatic N) is 1. The Hall–Kier alpha value is -3.84. The number of halogens is 1. The zero-order valence-electron chi connectivity index (χ0n) is 16.9. The molecular formula is C23H20ClN3O4. The Balaban J connectivity index is 1.93. The van der Waals surface area contributed by atoms with Crippen LogP contribution in [0.4, 0.5) is 16.2 Å². The first-order valence-electron chi connectivity index (χ1n) is 9.23. The zero-order chi connectivity index (χ0) is 22.5. The number of benzene rings is 3. The molecule has 0 bridgehead atoms. The number of nitrogens with one attached hydrogen (secondary N) is 1. The van der Waals surface area contributed by atoms with E-state index in [2.05, 4.69) is 5.32 Å². The summed E-state index contributed by atoms with van der Waals surface area (Å²) in [6, 6.07) is 17.9. The van der Waals surface area contributed by atoms with E-state index in [1.54, 1.807) is 18.2 Å². The van der Waals surface area contributed by atoms with Crippen LogP contribution in [-0.4, -0.2) is 36.8 Å². The molecule has 0 aliphatic heterocycles. The molecule has 3 rings (SSSR count). The molecule has 0 unspecified atom stereocenters. The third-order valence-electron chi connectivity index (χ3n) is 4.60. The van der Waals surface area contributed by atoms with Crippen molar-refractivity contribution < 1.29 is 19.1 Å². The molecule has 0 heterocycles. The molecule has 0 aliphatic carbocycles. The fourth-order valence-electron chi connectivity index (χ4n) is 2.92. The lowest BCUT2D eigenvalue weighted by Crippen LogP contribution is -2.37. The third-order valence-corrected chi connectivity index (χ3v) is 4.92. The summed E-state index contributed by atoms with van der Waals surface area (Å²) in [5.74, 6) is -0.798. The second-order valence-electron chi connectivity index (χ2n) is 6.63. The van der Waals surface area contributed by atoms with Gasteiger partial charge in [0.25, 0.3) is 5.91 Å². The van der Waals surface area contributed by atoms with Gasteiger partial charge in [-0.05, 0) is 48.5 Å². The maximum atomic E-state index is 13.2. The van der Waals surface area contributed by atoms with Crippen molar-refractivity contribution in [2.75, 3.05) is 19.5 Å². The third kappa shape index (κ3) is 4.84. The molecule has 31 heavy (non-hydrogen) atoms. The van der Waals surface area contributed by atoms with E-state index >= 15 is 0 Å². The number of hydrogen-bond donors (Lipinski definition) is 2. The van der Waals surface area contributed by atoms with Gasteiger partial charge in [-0.25, -0.2) is 4.79 Å². The number of hydrogen-bond acceptors (Lipinski definition) is 5. The molecule has 0 radical (unpaired) electrons. The van der Waals surface area contributed by atoms with Gasteiger partial charge in [0.2, 0.25) is 0 Å². The molecule has 3 amide bonds. The Kier molecular flexibility index (Phi) is 6.57. The average Bonchev–Trinajstić information content (AvgIpc) is 2.78. The zero-order valence-corrected chi connectivity index (χ0v) is 17.6. The summed E-state index contributed by atoms with van der Waals surface area (Å²) in [7, 11) is 2.67.